The SMILES string of the molecule is CCCCCCCCCCCCCCCC(=O)C1(C)CC1. The van der Waals surface area contributed by atoms with E-state index in [1.165, 1.54) is 77.0 Å². The molecule has 0 spiro atoms. The van der Waals surface area contributed by atoms with Crippen LogP contribution in [0.3, 0.4) is 0 Å². The van der Waals surface area contributed by atoms with Crippen LogP contribution in [-0.4, -0.2) is 5.78 Å². The quantitative estimate of drug-likeness (QED) is 0.302. The number of hydrogen-bond acceptors (Lipinski definition) is 1. The smallest absolute Gasteiger partial charge is 0.138 e. The van der Waals surface area contributed by atoms with Crippen molar-refractivity contribution in [2.45, 2.75) is 117 Å². The minimum Gasteiger partial charge on any atom is -0.299 e. The third kappa shape index (κ3) is 9.32. The van der Waals surface area contributed by atoms with Gasteiger partial charge in [0.05, 0.1) is 0 Å². The number of carbonyl (C=O) groups excluding carboxylic acids is 1. The van der Waals surface area contributed by atoms with Crippen LogP contribution < -0.4 is 0 Å². The molecule has 1 saturated carbocycles. The van der Waals surface area contributed by atoms with E-state index in [1.807, 2.05) is 0 Å². The van der Waals surface area contributed by atoms with Crippen LogP contribution in [-0.2, 0) is 4.79 Å². The first-order valence-electron chi connectivity index (χ1n) is 9.72. The van der Waals surface area contributed by atoms with Crippen molar-refractivity contribution in [1.29, 1.82) is 0 Å². The summed E-state index contributed by atoms with van der Waals surface area (Å²) in [5.41, 5.74) is 0.108. The van der Waals surface area contributed by atoms with E-state index in [9.17, 15) is 4.79 Å². The van der Waals surface area contributed by atoms with E-state index in [0.717, 1.165) is 25.7 Å². The molecule has 0 aliphatic heterocycles. The Bertz CT molecular complexity index is 265. The summed E-state index contributed by atoms with van der Waals surface area (Å²) in [5, 5.41) is 0. The molecule has 0 atom stereocenters. The average Bonchev–Trinajstić information content (AvgIpc) is 3.23. The molecule has 124 valence electrons. The van der Waals surface area contributed by atoms with Crippen molar-refractivity contribution in [3.8, 4) is 0 Å². The topological polar surface area (TPSA) is 17.1 Å². The second-order valence-electron chi connectivity index (χ2n) is 7.48. The van der Waals surface area contributed by atoms with Crippen molar-refractivity contribution in [2.24, 2.45) is 5.41 Å². The molecular formula is C20H38O. The van der Waals surface area contributed by atoms with Crippen LogP contribution in [0.2, 0.25) is 0 Å². The Morgan fingerprint density at radius 2 is 1.10 bits per heavy atom. The van der Waals surface area contributed by atoms with Gasteiger partial charge in [-0.05, 0) is 19.3 Å². The molecule has 0 bridgehead atoms. The van der Waals surface area contributed by atoms with Crippen molar-refractivity contribution < 1.29 is 4.79 Å². The maximum absolute atomic E-state index is 11.8. The molecule has 21 heavy (non-hydrogen) atoms. The molecule has 0 aromatic rings. The van der Waals surface area contributed by atoms with Gasteiger partial charge in [-0.1, -0.05) is 90.9 Å². The Balaban J connectivity index is 1.72. The lowest BCUT2D eigenvalue weighted by atomic mass is 9.98. The molecule has 0 heterocycles. The molecule has 0 aromatic heterocycles. The molecule has 1 fully saturated rings. The van der Waals surface area contributed by atoms with Crippen molar-refractivity contribution >= 4 is 5.78 Å². The molecule has 1 aliphatic carbocycles. The van der Waals surface area contributed by atoms with Crippen LogP contribution >= 0.6 is 0 Å². The Labute approximate surface area is 133 Å². The monoisotopic (exact) mass is 294 g/mol. The van der Waals surface area contributed by atoms with E-state index in [1.54, 1.807) is 0 Å². The van der Waals surface area contributed by atoms with E-state index in [4.69, 9.17) is 0 Å². The van der Waals surface area contributed by atoms with Gasteiger partial charge < -0.3 is 0 Å². The van der Waals surface area contributed by atoms with E-state index < -0.39 is 0 Å². The fraction of sp³-hybridized carbons (Fsp3) is 0.950. The number of carbonyl (C=O) groups is 1. The standard InChI is InChI=1S/C20H38O/c1-3-4-5-6-7-8-9-10-11-12-13-14-15-16-19(21)20(2)17-18-20/h3-18H2,1-2H3. The minimum absolute atomic E-state index is 0.108. The Morgan fingerprint density at radius 1 is 0.714 bits per heavy atom. The van der Waals surface area contributed by atoms with Gasteiger partial charge in [-0.15, -0.1) is 0 Å². The molecular weight excluding hydrogens is 256 g/mol. The molecule has 1 aliphatic rings. The van der Waals surface area contributed by atoms with Crippen molar-refractivity contribution in [3.63, 3.8) is 0 Å². The van der Waals surface area contributed by atoms with Crippen molar-refractivity contribution in [1.82, 2.24) is 0 Å². The number of ketones is 1. The first kappa shape index (κ1) is 18.7. The summed E-state index contributed by atoms with van der Waals surface area (Å²) in [5.74, 6) is 0.533. The second-order valence-corrected chi connectivity index (χ2v) is 7.48. The van der Waals surface area contributed by atoms with E-state index in [-0.39, 0.29) is 5.41 Å². The molecule has 0 aromatic carbocycles. The summed E-state index contributed by atoms with van der Waals surface area (Å²) in [6.07, 6.45) is 21.0. The molecule has 1 rings (SSSR count). The third-order valence-electron chi connectivity index (χ3n) is 5.18. The third-order valence-corrected chi connectivity index (χ3v) is 5.18. The summed E-state index contributed by atoms with van der Waals surface area (Å²) in [7, 11) is 0. The fourth-order valence-corrected chi connectivity index (χ4v) is 3.07. The summed E-state index contributed by atoms with van der Waals surface area (Å²) in [4.78, 5) is 11.8. The minimum atomic E-state index is 0.108. The Morgan fingerprint density at radius 3 is 1.48 bits per heavy atom. The van der Waals surface area contributed by atoms with Gasteiger partial charge in [0.2, 0.25) is 0 Å². The summed E-state index contributed by atoms with van der Waals surface area (Å²) in [6, 6.07) is 0. The Hall–Kier alpha value is -0.330. The lowest BCUT2D eigenvalue weighted by Gasteiger charge is -2.06. The van der Waals surface area contributed by atoms with Crippen LogP contribution in [0.5, 0.6) is 0 Å². The van der Waals surface area contributed by atoms with Crippen molar-refractivity contribution in [3.05, 3.63) is 0 Å². The van der Waals surface area contributed by atoms with Crippen LogP contribution in [0.15, 0.2) is 0 Å². The highest BCUT2D eigenvalue weighted by Crippen LogP contribution is 2.46. The van der Waals surface area contributed by atoms with Crippen LogP contribution in [0.1, 0.15) is 117 Å². The molecule has 0 radical (unpaired) electrons. The van der Waals surface area contributed by atoms with Crippen LogP contribution in [0, 0.1) is 5.41 Å². The van der Waals surface area contributed by atoms with Crippen molar-refractivity contribution in [2.75, 3.05) is 0 Å². The number of Topliss-reactive ketones (excluding diaryl/α,β-unsaturated/α-hetero) is 1. The zero-order valence-corrected chi connectivity index (χ0v) is 14.7. The number of unbranched alkanes of at least 4 members (excludes halogenated alkanes) is 12. The van der Waals surface area contributed by atoms with Gasteiger partial charge in [-0.25, -0.2) is 0 Å². The average molecular weight is 295 g/mol. The van der Waals surface area contributed by atoms with Gasteiger partial charge in [0.15, 0.2) is 0 Å². The lowest BCUT2D eigenvalue weighted by Crippen LogP contribution is -2.10. The maximum atomic E-state index is 11.8. The van der Waals surface area contributed by atoms with Gasteiger partial charge in [-0.3, -0.25) is 4.79 Å². The second kappa shape index (κ2) is 11.3. The molecule has 0 N–H and O–H groups in total. The van der Waals surface area contributed by atoms with Gasteiger partial charge in [0.1, 0.15) is 5.78 Å². The molecule has 1 nitrogen and oxygen atoms in total. The van der Waals surface area contributed by atoms with Gasteiger partial charge in [0, 0.05) is 11.8 Å². The van der Waals surface area contributed by atoms with E-state index >= 15 is 0 Å². The van der Waals surface area contributed by atoms with Gasteiger partial charge in [-0.2, -0.15) is 0 Å². The highest BCUT2D eigenvalue weighted by atomic mass is 16.1. The summed E-state index contributed by atoms with van der Waals surface area (Å²) < 4.78 is 0. The first-order valence-corrected chi connectivity index (χ1v) is 9.72. The fourth-order valence-electron chi connectivity index (χ4n) is 3.07. The number of rotatable bonds is 15. The predicted octanol–water partition coefficient (Wildman–Crippen LogP) is 6.84. The van der Waals surface area contributed by atoms with E-state index in [2.05, 4.69) is 13.8 Å². The number of hydrogen-bond donors (Lipinski definition) is 0. The molecule has 0 unspecified atom stereocenters. The van der Waals surface area contributed by atoms with Crippen LogP contribution in [0.4, 0.5) is 0 Å². The summed E-state index contributed by atoms with van der Waals surface area (Å²) >= 11 is 0. The molecule has 1 heteroatoms. The van der Waals surface area contributed by atoms with E-state index in [0.29, 0.717) is 5.78 Å². The first-order chi connectivity index (χ1) is 10.2. The summed E-state index contributed by atoms with van der Waals surface area (Å²) in [6.45, 7) is 4.42. The lowest BCUT2D eigenvalue weighted by molar-refractivity contribution is -0.123. The van der Waals surface area contributed by atoms with Crippen LogP contribution in [0.25, 0.3) is 0 Å². The zero-order valence-electron chi connectivity index (χ0n) is 14.7. The van der Waals surface area contributed by atoms with Gasteiger partial charge >= 0.3 is 0 Å². The highest BCUT2D eigenvalue weighted by molar-refractivity contribution is 5.86. The largest absolute Gasteiger partial charge is 0.299 e. The maximum Gasteiger partial charge on any atom is 0.138 e. The molecule has 0 saturated heterocycles. The highest BCUT2D eigenvalue weighted by Gasteiger charge is 2.43. The normalized spacial score (nSPS) is 16.1. The predicted molar refractivity (Wildman–Crippen MR) is 92.7 cm³/mol. The van der Waals surface area contributed by atoms with Gasteiger partial charge in [0.25, 0.3) is 0 Å². The Kier molecular flexibility index (Phi) is 10.0. The molecule has 0 amide bonds. The zero-order chi connectivity index (χ0) is 15.4.